The summed E-state index contributed by atoms with van der Waals surface area (Å²) in [5.41, 5.74) is 0.736. The van der Waals surface area contributed by atoms with Crippen molar-refractivity contribution in [2.24, 2.45) is 5.18 Å². The SMILES string of the molecule is COC(=O)Cc1nc2cc(Cl)ccn2c1N=O. The first-order valence-corrected chi connectivity index (χ1v) is 5.10. The maximum atomic E-state index is 11.2. The number of ether oxygens (including phenoxy) is 1. The number of aromatic nitrogens is 2. The first-order chi connectivity index (χ1) is 8.15. The van der Waals surface area contributed by atoms with Gasteiger partial charge in [0.05, 0.1) is 13.5 Å². The number of imidazole rings is 1. The summed E-state index contributed by atoms with van der Waals surface area (Å²) < 4.78 is 5.98. The number of hydrogen-bond donors (Lipinski definition) is 0. The molecule has 17 heavy (non-hydrogen) atoms. The highest BCUT2D eigenvalue weighted by Crippen LogP contribution is 2.23. The van der Waals surface area contributed by atoms with Gasteiger partial charge < -0.3 is 4.74 Å². The van der Waals surface area contributed by atoms with Crippen molar-refractivity contribution in [3.05, 3.63) is 34.0 Å². The molecule has 0 saturated heterocycles. The molecule has 0 aliphatic carbocycles. The zero-order valence-electron chi connectivity index (χ0n) is 8.88. The molecule has 0 saturated carbocycles. The lowest BCUT2D eigenvalue weighted by molar-refractivity contribution is -0.139. The lowest BCUT2D eigenvalue weighted by Gasteiger charge is -1.96. The number of methoxy groups -OCH3 is 1. The van der Waals surface area contributed by atoms with E-state index >= 15 is 0 Å². The van der Waals surface area contributed by atoms with Crippen molar-refractivity contribution in [2.75, 3.05) is 7.11 Å². The normalized spacial score (nSPS) is 10.5. The van der Waals surface area contributed by atoms with Crippen LogP contribution in [0.5, 0.6) is 0 Å². The molecule has 2 rings (SSSR count). The fraction of sp³-hybridized carbons (Fsp3) is 0.200. The lowest BCUT2D eigenvalue weighted by Crippen LogP contribution is -2.04. The van der Waals surface area contributed by atoms with E-state index in [9.17, 15) is 9.70 Å². The summed E-state index contributed by atoms with van der Waals surface area (Å²) in [6.45, 7) is 0. The number of nitroso groups, excluding NO2 is 1. The number of carbonyl (C=O) groups excluding carboxylic acids is 1. The third-order valence-electron chi connectivity index (χ3n) is 2.26. The Kier molecular flexibility index (Phi) is 3.06. The van der Waals surface area contributed by atoms with Gasteiger partial charge in [0.2, 0.25) is 5.82 Å². The number of pyridine rings is 1. The van der Waals surface area contributed by atoms with Crippen LogP contribution in [0.1, 0.15) is 5.69 Å². The van der Waals surface area contributed by atoms with Crippen LogP contribution in [0.25, 0.3) is 5.65 Å². The molecule has 0 atom stereocenters. The Labute approximate surface area is 101 Å². The number of halogens is 1. The third-order valence-corrected chi connectivity index (χ3v) is 2.49. The molecule has 0 amide bonds. The summed E-state index contributed by atoms with van der Waals surface area (Å²) in [5, 5.41) is 3.37. The largest absolute Gasteiger partial charge is 0.469 e. The van der Waals surface area contributed by atoms with Gasteiger partial charge >= 0.3 is 5.97 Å². The first-order valence-electron chi connectivity index (χ1n) is 4.72. The molecule has 0 aromatic carbocycles. The molecule has 2 heterocycles. The summed E-state index contributed by atoms with van der Waals surface area (Å²) in [6.07, 6.45) is 1.47. The fourth-order valence-corrected chi connectivity index (χ4v) is 1.63. The van der Waals surface area contributed by atoms with Crippen LogP contribution < -0.4 is 0 Å². The van der Waals surface area contributed by atoms with Gasteiger partial charge in [-0.25, -0.2) is 4.98 Å². The number of carbonyl (C=O) groups is 1. The molecule has 2 aromatic rings. The van der Waals surface area contributed by atoms with Gasteiger partial charge in [-0.05, 0) is 11.2 Å². The minimum absolute atomic E-state index is 0.0852. The number of rotatable bonds is 3. The number of hydrogen-bond acceptors (Lipinski definition) is 5. The van der Waals surface area contributed by atoms with E-state index < -0.39 is 5.97 Å². The Hall–Kier alpha value is -1.95. The van der Waals surface area contributed by atoms with E-state index in [0.29, 0.717) is 10.7 Å². The molecule has 0 spiro atoms. The Morgan fingerprint density at radius 1 is 1.65 bits per heavy atom. The second-order valence-electron chi connectivity index (χ2n) is 3.30. The number of esters is 1. The van der Waals surface area contributed by atoms with E-state index in [-0.39, 0.29) is 17.9 Å². The molecule has 0 fully saturated rings. The van der Waals surface area contributed by atoms with E-state index in [4.69, 9.17) is 11.6 Å². The van der Waals surface area contributed by atoms with Crippen LogP contribution in [0, 0.1) is 4.91 Å². The lowest BCUT2D eigenvalue weighted by atomic mass is 10.3. The van der Waals surface area contributed by atoms with E-state index in [1.807, 2.05) is 0 Å². The average Bonchev–Trinajstić information content (AvgIpc) is 2.64. The minimum Gasteiger partial charge on any atom is -0.469 e. The van der Waals surface area contributed by atoms with E-state index in [1.54, 1.807) is 18.3 Å². The van der Waals surface area contributed by atoms with E-state index in [0.717, 1.165) is 0 Å². The highest BCUT2D eigenvalue weighted by molar-refractivity contribution is 6.30. The molecular formula is C10H8ClN3O3. The quantitative estimate of drug-likeness (QED) is 0.620. The second kappa shape index (κ2) is 4.50. The van der Waals surface area contributed by atoms with Crippen molar-refractivity contribution in [3.63, 3.8) is 0 Å². The van der Waals surface area contributed by atoms with Gasteiger partial charge in [0.25, 0.3) is 0 Å². The topological polar surface area (TPSA) is 73.0 Å². The molecule has 0 aliphatic rings. The van der Waals surface area contributed by atoms with Crippen LogP contribution in [0.3, 0.4) is 0 Å². The number of nitrogens with zero attached hydrogens (tertiary/aromatic N) is 3. The second-order valence-corrected chi connectivity index (χ2v) is 3.74. The summed E-state index contributed by atoms with van der Waals surface area (Å²) in [5.74, 6) is -0.397. The summed E-state index contributed by atoms with van der Waals surface area (Å²) in [7, 11) is 1.27. The van der Waals surface area contributed by atoms with Crippen molar-refractivity contribution in [1.29, 1.82) is 0 Å². The average molecular weight is 254 g/mol. The zero-order chi connectivity index (χ0) is 12.4. The summed E-state index contributed by atoms with van der Waals surface area (Å²) in [6, 6.07) is 3.18. The molecule has 0 unspecified atom stereocenters. The maximum absolute atomic E-state index is 11.2. The van der Waals surface area contributed by atoms with Crippen molar-refractivity contribution < 1.29 is 9.53 Å². The molecule has 0 bridgehead atoms. The number of fused-ring (bicyclic) bond motifs is 1. The van der Waals surface area contributed by atoms with E-state index in [1.165, 1.54) is 11.5 Å². The molecule has 7 heteroatoms. The molecule has 0 N–H and O–H groups in total. The molecule has 0 radical (unpaired) electrons. The fourth-order valence-electron chi connectivity index (χ4n) is 1.48. The highest BCUT2D eigenvalue weighted by atomic mass is 35.5. The molecule has 88 valence electrons. The predicted molar refractivity (Wildman–Crippen MR) is 61.4 cm³/mol. The van der Waals surface area contributed by atoms with Crippen LogP contribution in [0.2, 0.25) is 5.02 Å². The van der Waals surface area contributed by atoms with Crippen LogP contribution >= 0.6 is 11.6 Å². The van der Waals surface area contributed by atoms with Crippen LogP contribution in [-0.2, 0) is 16.0 Å². The Bertz CT molecular complexity index is 594. The Balaban J connectivity index is 2.55. The summed E-state index contributed by atoms with van der Waals surface area (Å²) in [4.78, 5) is 26.0. The van der Waals surface area contributed by atoms with Gasteiger partial charge in [0, 0.05) is 17.3 Å². The van der Waals surface area contributed by atoms with Gasteiger partial charge in [0.15, 0.2) is 0 Å². The Morgan fingerprint density at radius 2 is 2.41 bits per heavy atom. The third kappa shape index (κ3) is 2.12. The van der Waals surface area contributed by atoms with Crippen molar-refractivity contribution in [3.8, 4) is 0 Å². The smallest absolute Gasteiger partial charge is 0.311 e. The molecule has 2 aromatic heterocycles. The zero-order valence-corrected chi connectivity index (χ0v) is 9.64. The van der Waals surface area contributed by atoms with Gasteiger partial charge in [-0.2, -0.15) is 0 Å². The maximum Gasteiger partial charge on any atom is 0.311 e. The van der Waals surface area contributed by atoms with Gasteiger partial charge in [0.1, 0.15) is 11.3 Å². The van der Waals surface area contributed by atoms with Crippen molar-refractivity contribution in [1.82, 2.24) is 9.38 Å². The van der Waals surface area contributed by atoms with Crippen LogP contribution in [0.15, 0.2) is 23.5 Å². The van der Waals surface area contributed by atoms with Gasteiger partial charge in [-0.15, -0.1) is 4.91 Å². The van der Waals surface area contributed by atoms with Crippen molar-refractivity contribution >= 4 is 29.0 Å². The predicted octanol–water partition coefficient (Wildman–Crippen LogP) is 2.10. The van der Waals surface area contributed by atoms with Gasteiger partial charge in [-0.3, -0.25) is 9.20 Å². The van der Waals surface area contributed by atoms with Crippen LogP contribution in [-0.4, -0.2) is 22.5 Å². The van der Waals surface area contributed by atoms with E-state index in [2.05, 4.69) is 14.9 Å². The van der Waals surface area contributed by atoms with Gasteiger partial charge in [-0.1, -0.05) is 11.6 Å². The molecule has 6 nitrogen and oxygen atoms in total. The molecular weight excluding hydrogens is 246 g/mol. The first kappa shape index (κ1) is 11.5. The highest BCUT2D eigenvalue weighted by Gasteiger charge is 2.16. The monoisotopic (exact) mass is 253 g/mol. The van der Waals surface area contributed by atoms with Crippen LogP contribution in [0.4, 0.5) is 5.82 Å². The minimum atomic E-state index is -0.482. The summed E-state index contributed by atoms with van der Waals surface area (Å²) >= 11 is 5.80. The standard InChI is InChI=1S/C10H8ClN3O3/c1-17-9(15)5-7-10(13-16)14-3-2-6(11)4-8(14)12-7/h2-4H,5H2,1H3. The molecule has 0 aliphatic heterocycles. The Morgan fingerprint density at radius 3 is 3.06 bits per heavy atom. The van der Waals surface area contributed by atoms with Crippen molar-refractivity contribution in [2.45, 2.75) is 6.42 Å².